The van der Waals surface area contributed by atoms with Gasteiger partial charge in [0.2, 0.25) is 0 Å². The van der Waals surface area contributed by atoms with Gasteiger partial charge in [0.1, 0.15) is 6.23 Å². The van der Waals surface area contributed by atoms with Crippen LogP contribution in [0.15, 0.2) is 0 Å². The summed E-state index contributed by atoms with van der Waals surface area (Å²) in [6, 6.07) is 0.570. The molecule has 0 aromatic carbocycles. The van der Waals surface area contributed by atoms with Gasteiger partial charge in [-0.15, -0.1) is 0 Å². The standard InChI is InChI=1S/C12H26N4O/c1-9(2)10-6-16-12(7-15-10)17-8-11-13-4-3-5-14-11/h9-16H,3-8H2,1-2H3. The first-order valence-electron chi connectivity index (χ1n) is 6.81. The molecule has 0 aromatic heterocycles. The van der Waals surface area contributed by atoms with Gasteiger partial charge in [-0.05, 0) is 25.4 Å². The van der Waals surface area contributed by atoms with Crippen molar-refractivity contribution in [3.8, 4) is 0 Å². The second kappa shape index (κ2) is 6.66. The van der Waals surface area contributed by atoms with Crippen molar-refractivity contribution >= 4 is 0 Å². The maximum atomic E-state index is 5.85. The largest absolute Gasteiger partial charge is 0.359 e. The highest BCUT2D eigenvalue weighted by atomic mass is 16.5. The van der Waals surface area contributed by atoms with Crippen molar-refractivity contribution in [1.29, 1.82) is 0 Å². The first-order valence-corrected chi connectivity index (χ1v) is 6.81. The molecule has 0 spiro atoms. The second-order valence-electron chi connectivity index (χ2n) is 5.30. The Hall–Kier alpha value is -0.200. The van der Waals surface area contributed by atoms with Crippen molar-refractivity contribution in [3.05, 3.63) is 0 Å². The van der Waals surface area contributed by atoms with Crippen molar-refractivity contribution in [2.75, 3.05) is 32.8 Å². The van der Waals surface area contributed by atoms with Crippen molar-refractivity contribution in [3.63, 3.8) is 0 Å². The Morgan fingerprint density at radius 2 is 1.82 bits per heavy atom. The molecule has 5 heteroatoms. The van der Waals surface area contributed by atoms with E-state index in [1.54, 1.807) is 0 Å². The van der Waals surface area contributed by atoms with E-state index >= 15 is 0 Å². The Morgan fingerprint density at radius 3 is 2.41 bits per heavy atom. The highest BCUT2D eigenvalue weighted by molar-refractivity contribution is 4.81. The van der Waals surface area contributed by atoms with E-state index in [1.807, 2.05) is 0 Å². The molecule has 0 bridgehead atoms. The number of hydrogen-bond acceptors (Lipinski definition) is 5. The zero-order valence-corrected chi connectivity index (χ0v) is 11.0. The maximum absolute atomic E-state index is 5.85. The van der Waals surface area contributed by atoms with Gasteiger partial charge in [0.15, 0.2) is 0 Å². The highest BCUT2D eigenvalue weighted by Crippen LogP contribution is 2.05. The second-order valence-corrected chi connectivity index (χ2v) is 5.30. The molecule has 0 aliphatic carbocycles. The van der Waals surface area contributed by atoms with Gasteiger partial charge < -0.3 is 10.1 Å². The predicted molar refractivity (Wildman–Crippen MR) is 68.8 cm³/mol. The molecule has 2 rings (SSSR count). The first-order chi connectivity index (χ1) is 8.25. The smallest absolute Gasteiger partial charge is 0.120 e. The average molecular weight is 242 g/mol. The van der Waals surface area contributed by atoms with E-state index < -0.39 is 0 Å². The third-order valence-corrected chi connectivity index (χ3v) is 3.53. The summed E-state index contributed by atoms with van der Waals surface area (Å²) in [7, 11) is 0. The minimum Gasteiger partial charge on any atom is -0.359 e. The summed E-state index contributed by atoms with van der Waals surface area (Å²) in [6.45, 7) is 9.29. The van der Waals surface area contributed by atoms with E-state index in [4.69, 9.17) is 4.74 Å². The summed E-state index contributed by atoms with van der Waals surface area (Å²) in [5.74, 6) is 0.671. The van der Waals surface area contributed by atoms with Crippen molar-refractivity contribution in [1.82, 2.24) is 21.3 Å². The number of ether oxygens (including phenoxy) is 1. The van der Waals surface area contributed by atoms with Crippen LogP contribution in [-0.4, -0.2) is 51.2 Å². The molecular formula is C12H26N4O. The van der Waals surface area contributed by atoms with E-state index in [1.165, 1.54) is 6.42 Å². The molecule has 2 aliphatic rings. The minimum atomic E-state index is 0.149. The summed E-state index contributed by atoms with van der Waals surface area (Å²) in [4.78, 5) is 0. The van der Waals surface area contributed by atoms with Gasteiger partial charge in [-0.2, -0.15) is 0 Å². The Bertz CT molecular complexity index is 211. The molecule has 5 nitrogen and oxygen atoms in total. The van der Waals surface area contributed by atoms with Crippen LogP contribution in [0.5, 0.6) is 0 Å². The van der Waals surface area contributed by atoms with Crippen LogP contribution in [0, 0.1) is 5.92 Å². The minimum absolute atomic E-state index is 0.149. The van der Waals surface area contributed by atoms with Gasteiger partial charge in [0.25, 0.3) is 0 Å². The molecular weight excluding hydrogens is 216 g/mol. The molecule has 2 heterocycles. The van der Waals surface area contributed by atoms with Gasteiger partial charge in [-0.3, -0.25) is 16.0 Å². The molecule has 2 saturated heterocycles. The Kier molecular flexibility index (Phi) is 5.18. The molecule has 4 N–H and O–H groups in total. The summed E-state index contributed by atoms with van der Waals surface area (Å²) in [5, 5.41) is 13.8. The summed E-state index contributed by atoms with van der Waals surface area (Å²) in [5.41, 5.74) is 0. The lowest BCUT2D eigenvalue weighted by Crippen LogP contribution is -2.58. The summed E-state index contributed by atoms with van der Waals surface area (Å²) >= 11 is 0. The molecule has 100 valence electrons. The normalized spacial score (nSPS) is 31.9. The Labute approximate surface area is 104 Å². The molecule has 17 heavy (non-hydrogen) atoms. The number of hydrogen-bond donors (Lipinski definition) is 4. The lowest BCUT2D eigenvalue weighted by atomic mass is 10.0. The van der Waals surface area contributed by atoms with Gasteiger partial charge >= 0.3 is 0 Å². The summed E-state index contributed by atoms with van der Waals surface area (Å²) in [6.07, 6.45) is 1.67. The Morgan fingerprint density at radius 1 is 1.06 bits per heavy atom. The predicted octanol–water partition coefficient (Wildman–Crippen LogP) is -0.544. The summed E-state index contributed by atoms with van der Waals surface area (Å²) < 4.78 is 5.85. The number of nitrogens with one attached hydrogen (secondary N) is 4. The lowest BCUT2D eigenvalue weighted by molar-refractivity contribution is -0.00651. The molecule has 0 radical (unpaired) electrons. The fourth-order valence-electron chi connectivity index (χ4n) is 2.29. The van der Waals surface area contributed by atoms with Crippen LogP contribution in [0.3, 0.4) is 0 Å². The number of piperazine rings is 1. The third kappa shape index (κ3) is 4.19. The molecule has 0 aromatic rings. The van der Waals surface area contributed by atoms with E-state index in [-0.39, 0.29) is 6.23 Å². The van der Waals surface area contributed by atoms with Gasteiger partial charge in [0, 0.05) is 19.1 Å². The van der Waals surface area contributed by atoms with Crippen molar-refractivity contribution < 1.29 is 4.74 Å². The van der Waals surface area contributed by atoms with Crippen molar-refractivity contribution in [2.45, 2.75) is 38.7 Å². The molecule has 2 fully saturated rings. The Balaban J connectivity index is 1.61. The molecule has 0 amide bonds. The SMILES string of the molecule is CC(C)C1CNC(OCC2NCCCN2)CN1. The van der Waals surface area contributed by atoms with Crippen LogP contribution in [0.4, 0.5) is 0 Å². The van der Waals surface area contributed by atoms with Crippen LogP contribution in [0.1, 0.15) is 20.3 Å². The maximum Gasteiger partial charge on any atom is 0.120 e. The van der Waals surface area contributed by atoms with Gasteiger partial charge in [-0.1, -0.05) is 13.8 Å². The van der Waals surface area contributed by atoms with Gasteiger partial charge in [-0.25, -0.2) is 0 Å². The van der Waals surface area contributed by atoms with E-state index in [9.17, 15) is 0 Å². The van der Waals surface area contributed by atoms with Crippen LogP contribution in [-0.2, 0) is 4.74 Å². The van der Waals surface area contributed by atoms with Gasteiger partial charge in [0.05, 0.1) is 12.8 Å². The molecule has 2 aliphatic heterocycles. The fourth-order valence-corrected chi connectivity index (χ4v) is 2.29. The number of rotatable bonds is 4. The fraction of sp³-hybridized carbons (Fsp3) is 1.00. The van der Waals surface area contributed by atoms with E-state index in [0.29, 0.717) is 18.1 Å². The third-order valence-electron chi connectivity index (χ3n) is 3.53. The monoisotopic (exact) mass is 242 g/mol. The van der Waals surface area contributed by atoms with Crippen molar-refractivity contribution in [2.24, 2.45) is 5.92 Å². The molecule has 0 saturated carbocycles. The lowest BCUT2D eigenvalue weighted by Gasteiger charge is -2.34. The van der Waals surface area contributed by atoms with E-state index in [2.05, 4.69) is 35.1 Å². The van der Waals surface area contributed by atoms with Crippen LogP contribution in [0.2, 0.25) is 0 Å². The molecule has 2 atom stereocenters. The average Bonchev–Trinajstić information content (AvgIpc) is 2.38. The molecule has 2 unspecified atom stereocenters. The zero-order valence-electron chi connectivity index (χ0n) is 11.0. The first kappa shape index (κ1) is 13.2. The van der Waals surface area contributed by atoms with Crippen LogP contribution >= 0.6 is 0 Å². The topological polar surface area (TPSA) is 57.4 Å². The highest BCUT2D eigenvalue weighted by Gasteiger charge is 2.23. The van der Waals surface area contributed by atoms with Crippen LogP contribution in [0.25, 0.3) is 0 Å². The quantitative estimate of drug-likeness (QED) is 0.533. The van der Waals surface area contributed by atoms with Crippen LogP contribution < -0.4 is 21.3 Å². The zero-order chi connectivity index (χ0) is 12.1. The van der Waals surface area contributed by atoms with E-state index in [0.717, 1.165) is 32.8 Å².